The van der Waals surface area contributed by atoms with Gasteiger partial charge in [-0.1, -0.05) is 6.42 Å². The normalized spacial score (nSPS) is 19.1. The third-order valence-corrected chi connectivity index (χ3v) is 2.77. The maximum atomic E-state index is 11.0. The van der Waals surface area contributed by atoms with Crippen molar-refractivity contribution in [3.05, 3.63) is 0 Å². The Morgan fingerprint density at radius 2 is 2.29 bits per heavy atom. The van der Waals surface area contributed by atoms with Gasteiger partial charge in [0, 0.05) is 25.4 Å². The van der Waals surface area contributed by atoms with Crippen LogP contribution in [0.1, 0.15) is 39.0 Å². The van der Waals surface area contributed by atoms with Crippen molar-refractivity contribution in [2.75, 3.05) is 19.7 Å². The molecular formula is C12H22N2O3. The van der Waals surface area contributed by atoms with Crippen LogP contribution < -0.4 is 10.6 Å². The van der Waals surface area contributed by atoms with Gasteiger partial charge in [0.25, 0.3) is 0 Å². The van der Waals surface area contributed by atoms with E-state index in [2.05, 4.69) is 10.6 Å². The van der Waals surface area contributed by atoms with Gasteiger partial charge in [0.1, 0.15) is 0 Å². The van der Waals surface area contributed by atoms with E-state index in [9.17, 15) is 9.59 Å². The molecule has 98 valence electrons. The molecule has 0 saturated carbocycles. The summed E-state index contributed by atoms with van der Waals surface area (Å²) in [5, 5.41) is 6.11. The van der Waals surface area contributed by atoms with Crippen molar-refractivity contribution in [2.24, 2.45) is 0 Å². The highest BCUT2D eigenvalue weighted by Gasteiger charge is 2.19. The number of hydrogen-bond acceptors (Lipinski definition) is 4. The summed E-state index contributed by atoms with van der Waals surface area (Å²) in [6, 6.07) is 0.285. The SMILES string of the molecule is CCOC(=O)CCCCCNC1CNC(=O)C1. The van der Waals surface area contributed by atoms with Gasteiger partial charge >= 0.3 is 5.97 Å². The molecule has 17 heavy (non-hydrogen) atoms. The van der Waals surface area contributed by atoms with Gasteiger partial charge in [-0.25, -0.2) is 0 Å². The second kappa shape index (κ2) is 8.06. The van der Waals surface area contributed by atoms with Gasteiger partial charge in [-0.15, -0.1) is 0 Å². The van der Waals surface area contributed by atoms with E-state index in [1.54, 1.807) is 0 Å². The van der Waals surface area contributed by atoms with Crippen molar-refractivity contribution in [3.8, 4) is 0 Å². The predicted molar refractivity (Wildman–Crippen MR) is 64.5 cm³/mol. The lowest BCUT2D eigenvalue weighted by Gasteiger charge is -2.09. The fourth-order valence-electron chi connectivity index (χ4n) is 1.86. The van der Waals surface area contributed by atoms with Crippen molar-refractivity contribution >= 4 is 11.9 Å². The van der Waals surface area contributed by atoms with Crippen LogP contribution in [0.5, 0.6) is 0 Å². The maximum absolute atomic E-state index is 11.0. The van der Waals surface area contributed by atoms with Crippen molar-refractivity contribution in [1.82, 2.24) is 10.6 Å². The number of carbonyl (C=O) groups excluding carboxylic acids is 2. The van der Waals surface area contributed by atoms with Gasteiger partial charge < -0.3 is 15.4 Å². The number of nitrogens with one attached hydrogen (secondary N) is 2. The summed E-state index contributed by atoms with van der Waals surface area (Å²) in [6.45, 7) is 3.92. The van der Waals surface area contributed by atoms with Crippen LogP contribution in [0.3, 0.4) is 0 Å². The molecule has 0 aromatic heterocycles. The number of amides is 1. The zero-order chi connectivity index (χ0) is 12.5. The Labute approximate surface area is 102 Å². The molecule has 1 rings (SSSR count). The summed E-state index contributed by atoms with van der Waals surface area (Å²) in [5.74, 6) is 0.0239. The maximum Gasteiger partial charge on any atom is 0.305 e. The first kappa shape index (κ1) is 14.0. The van der Waals surface area contributed by atoms with E-state index in [0.29, 0.717) is 19.4 Å². The standard InChI is InChI=1S/C12H22N2O3/c1-2-17-12(16)6-4-3-5-7-13-10-8-11(15)14-9-10/h10,13H,2-9H2,1H3,(H,14,15). The predicted octanol–water partition coefficient (Wildman–Crippen LogP) is 0.588. The fourth-order valence-corrected chi connectivity index (χ4v) is 1.86. The fraction of sp³-hybridized carbons (Fsp3) is 0.833. The molecule has 1 atom stereocenters. The molecule has 0 spiro atoms. The van der Waals surface area contributed by atoms with Gasteiger partial charge in [0.2, 0.25) is 5.91 Å². The molecule has 0 aromatic rings. The smallest absolute Gasteiger partial charge is 0.305 e. The van der Waals surface area contributed by atoms with Crippen molar-refractivity contribution < 1.29 is 14.3 Å². The minimum absolute atomic E-state index is 0.106. The molecule has 1 aliphatic rings. The van der Waals surface area contributed by atoms with Gasteiger partial charge in [-0.3, -0.25) is 9.59 Å². The van der Waals surface area contributed by atoms with Gasteiger partial charge in [-0.05, 0) is 26.3 Å². The lowest BCUT2D eigenvalue weighted by Crippen LogP contribution is -2.31. The number of esters is 1. The number of carbonyl (C=O) groups is 2. The Balaban J connectivity index is 1.87. The lowest BCUT2D eigenvalue weighted by atomic mass is 10.2. The topological polar surface area (TPSA) is 67.4 Å². The van der Waals surface area contributed by atoms with E-state index in [-0.39, 0.29) is 17.9 Å². The van der Waals surface area contributed by atoms with Crippen LogP contribution in [0, 0.1) is 0 Å². The molecule has 0 aromatic carbocycles. The molecule has 5 heteroatoms. The summed E-state index contributed by atoms with van der Waals surface area (Å²) in [4.78, 5) is 22.0. The quantitative estimate of drug-likeness (QED) is 0.483. The van der Waals surface area contributed by atoms with Crippen LogP contribution in [0.4, 0.5) is 0 Å². The first-order chi connectivity index (χ1) is 8.22. The molecule has 1 fully saturated rings. The monoisotopic (exact) mass is 242 g/mol. The Hall–Kier alpha value is -1.10. The van der Waals surface area contributed by atoms with Crippen LogP contribution in [-0.2, 0) is 14.3 Å². The molecule has 1 heterocycles. The van der Waals surface area contributed by atoms with E-state index >= 15 is 0 Å². The molecule has 1 amide bonds. The Morgan fingerprint density at radius 1 is 1.47 bits per heavy atom. The summed E-state index contributed by atoms with van der Waals surface area (Å²) < 4.78 is 4.84. The number of ether oxygens (including phenoxy) is 1. The van der Waals surface area contributed by atoms with Gasteiger partial charge in [0.05, 0.1) is 6.61 Å². The average Bonchev–Trinajstić information content (AvgIpc) is 2.70. The molecule has 1 aliphatic heterocycles. The molecular weight excluding hydrogens is 220 g/mol. The highest BCUT2D eigenvalue weighted by molar-refractivity contribution is 5.78. The van der Waals surface area contributed by atoms with Crippen LogP contribution in [0.15, 0.2) is 0 Å². The van der Waals surface area contributed by atoms with E-state index in [1.165, 1.54) is 0 Å². The van der Waals surface area contributed by atoms with Crippen LogP contribution in [-0.4, -0.2) is 37.6 Å². The highest BCUT2D eigenvalue weighted by Crippen LogP contribution is 2.03. The molecule has 1 unspecified atom stereocenters. The van der Waals surface area contributed by atoms with E-state index in [1.807, 2.05) is 6.92 Å². The second-order valence-corrected chi connectivity index (χ2v) is 4.27. The molecule has 0 bridgehead atoms. The summed E-state index contributed by atoms with van der Waals surface area (Å²) in [5.41, 5.74) is 0. The third kappa shape index (κ3) is 6.26. The van der Waals surface area contributed by atoms with Crippen LogP contribution >= 0.6 is 0 Å². The van der Waals surface area contributed by atoms with E-state index < -0.39 is 0 Å². The van der Waals surface area contributed by atoms with Crippen molar-refractivity contribution in [1.29, 1.82) is 0 Å². The second-order valence-electron chi connectivity index (χ2n) is 4.27. The van der Waals surface area contributed by atoms with Crippen molar-refractivity contribution in [3.63, 3.8) is 0 Å². The lowest BCUT2D eigenvalue weighted by molar-refractivity contribution is -0.143. The number of rotatable bonds is 8. The van der Waals surface area contributed by atoms with Crippen LogP contribution in [0.2, 0.25) is 0 Å². The average molecular weight is 242 g/mol. The van der Waals surface area contributed by atoms with Gasteiger partial charge in [-0.2, -0.15) is 0 Å². The minimum Gasteiger partial charge on any atom is -0.466 e. The molecule has 0 radical (unpaired) electrons. The summed E-state index contributed by atoms with van der Waals surface area (Å²) >= 11 is 0. The molecule has 5 nitrogen and oxygen atoms in total. The third-order valence-electron chi connectivity index (χ3n) is 2.77. The van der Waals surface area contributed by atoms with Crippen molar-refractivity contribution in [2.45, 2.75) is 45.1 Å². The molecule has 1 saturated heterocycles. The molecule has 2 N–H and O–H groups in total. The Bertz CT molecular complexity index is 256. The van der Waals surface area contributed by atoms with Crippen LogP contribution in [0.25, 0.3) is 0 Å². The summed E-state index contributed by atoms with van der Waals surface area (Å²) in [7, 11) is 0. The highest BCUT2D eigenvalue weighted by atomic mass is 16.5. The zero-order valence-electron chi connectivity index (χ0n) is 10.5. The molecule has 0 aliphatic carbocycles. The number of hydrogen-bond donors (Lipinski definition) is 2. The van der Waals surface area contributed by atoms with E-state index in [0.717, 1.165) is 32.4 Å². The first-order valence-corrected chi connectivity index (χ1v) is 6.38. The zero-order valence-corrected chi connectivity index (χ0v) is 10.5. The number of unbranched alkanes of at least 4 members (excludes halogenated alkanes) is 2. The first-order valence-electron chi connectivity index (χ1n) is 6.38. The Morgan fingerprint density at radius 3 is 2.94 bits per heavy atom. The minimum atomic E-state index is -0.106. The van der Waals surface area contributed by atoms with E-state index in [4.69, 9.17) is 4.74 Å². The largest absolute Gasteiger partial charge is 0.466 e. The Kier molecular flexibility index (Phi) is 6.62. The summed E-state index contributed by atoms with van der Waals surface area (Å²) in [6.07, 6.45) is 4.02. The van der Waals surface area contributed by atoms with Gasteiger partial charge in [0.15, 0.2) is 0 Å².